The first kappa shape index (κ1) is 10.9. The minimum atomic E-state index is 0.290. The lowest BCUT2D eigenvalue weighted by Gasteiger charge is -2.06. The molecule has 0 aliphatic heterocycles. The summed E-state index contributed by atoms with van der Waals surface area (Å²) in [5.41, 5.74) is 7.65. The van der Waals surface area contributed by atoms with Gasteiger partial charge in [-0.05, 0) is 55.0 Å². The number of rotatable bonds is 2. The predicted octanol–water partition coefficient (Wildman–Crippen LogP) is 3.43. The van der Waals surface area contributed by atoms with E-state index >= 15 is 0 Å². The molecule has 82 valence electrons. The Labute approximate surface area is 99.1 Å². The summed E-state index contributed by atoms with van der Waals surface area (Å²) in [6.45, 7) is 2.04. The van der Waals surface area contributed by atoms with Crippen LogP contribution in [0.15, 0.2) is 52.3 Å². The summed E-state index contributed by atoms with van der Waals surface area (Å²) < 4.78 is 0. The van der Waals surface area contributed by atoms with E-state index in [-0.39, 0.29) is 0 Å². The van der Waals surface area contributed by atoms with E-state index in [0.717, 1.165) is 16.1 Å². The van der Waals surface area contributed by atoms with Crippen LogP contribution in [0, 0.1) is 6.92 Å². The molecule has 0 saturated carbocycles. The molecule has 0 radical (unpaired) electrons. The molecule has 0 bridgehead atoms. The van der Waals surface area contributed by atoms with Crippen molar-refractivity contribution in [2.45, 2.75) is 16.7 Å². The molecule has 0 atom stereocenters. The number of anilines is 1. The van der Waals surface area contributed by atoms with Crippen molar-refractivity contribution in [2.75, 3.05) is 5.73 Å². The largest absolute Gasteiger partial charge is 0.508 e. The third kappa shape index (κ3) is 2.49. The maximum absolute atomic E-state index is 9.19. The van der Waals surface area contributed by atoms with Crippen LogP contribution < -0.4 is 5.73 Å². The third-order valence-corrected chi connectivity index (χ3v) is 3.45. The van der Waals surface area contributed by atoms with Crippen molar-refractivity contribution < 1.29 is 5.11 Å². The second-order valence-corrected chi connectivity index (χ2v) is 4.74. The molecule has 0 aliphatic carbocycles. The van der Waals surface area contributed by atoms with Crippen molar-refractivity contribution in [3.63, 3.8) is 0 Å². The van der Waals surface area contributed by atoms with Gasteiger partial charge in [-0.1, -0.05) is 11.8 Å². The van der Waals surface area contributed by atoms with Crippen LogP contribution >= 0.6 is 11.8 Å². The maximum Gasteiger partial charge on any atom is 0.115 e. The van der Waals surface area contributed by atoms with Crippen LogP contribution in [0.5, 0.6) is 5.75 Å². The first-order valence-corrected chi connectivity index (χ1v) is 5.80. The summed E-state index contributed by atoms with van der Waals surface area (Å²) in [6.07, 6.45) is 0. The summed E-state index contributed by atoms with van der Waals surface area (Å²) in [6, 6.07) is 13.1. The van der Waals surface area contributed by atoms with Crippen molar-refractivity contribution in [2.24, 2.45) is 0 Å². The Morgan fingerprint density at radius 1 is 1.06 bits per heavy atom. The molecule has 3 N–H and O–H groups in total. The van der Waals surface area contributed by atoms with E-state index in [9.17, 15) is 5.11 Å². The molecule has 0 heterocycles. The molecule has 16 heavy (non-hydrogen) atoms. The molecule has 2 nitrogen and oxygen atoms in total. The molecule has 0 unspecified atom stereocenters. The summed E-state index contributed by atoms with van der Waals surface area (Å²) in [5.74, 6) is 0.290. The molecular weight excluding hydrogens is 218 g/mol. The molecule has 3 heteroatoms. The maximum atomic E-state index is 9.19. The topological polar surface area (TPSA) is 46.2 Å². The number of hydrogen-bond donors (Lipinski definition) is 2. The highest BCUT2D eigenvalue weighted by atomic mass is 32.2. The summed E-state index contributed by atoms with van der Waals surface area (Å²) >= 11 is 1.66. The Bertz CT molecular complexity index is 494. The number of hydrogen-bond acceptors (Lipinski definition) is 3. The Balaban J connectivity index is 2.23. The zero-order valence-electron chi connectivity index (χ0n) is 8.97. The van der Waals surface area contributed by atoms with Gasteiger partial charge in [0, 0.05) is 15.5 Å². The van der Waals surface area contributed by atoms with Gasteiger partial charge in [0.25, 0.3) is 0 Å². The lowest BCUT2D eigenvalue weighted by atomic mass is 10.2. The van der Waals surface area contributed by atoms with Gasteiger partial charge < -0.3 is 10.8 Å². The zero-order chi connectivity index (χ0) is 11.5. The van der Waals surface area contributed by atoms with Gasteiger partial charge in [-0.2, -0.15) is 0 Å². The number of aromatic hydroxyl groups is 1. The lowest BCUT2D eigenvalue weighted by Crippen LogP contribution is -1.86. The second kappa shape index (κ2) is 4.49. The minimum Gasteiger partial charge on any atom is -0.508 e. The molecule has 2 aromatic carbocycles. The Morgan fingerprint density at radius 3 is 2.38 bits per heavy atom. The fraction of sp³-hybridized carbons (Fsp3) is 0.0769. The number of phenolic OH excluding ortho intramolecular Hbond substituents is 1. The van der Waals surface area contributed by atoms with Gasteiger partial charge in [-0.15, -0.1) is 0 Å². The molecule has 0 aromatic heterocycles. The fourth-order valence-electron chi connectivity index (χ4n) is 1.43. The van der Waals surface area contributed by atoms with Crippen LogP contribution in [-0.2, 0) is 0 Å². The number of benzene rings is 2. The first-order valence-electron chi connectivity index (χ1n) is 4.98. The van der Waals surface area contributed by atoms with Crippen LogP contribution in [0.4, 0.5) is 5.69 Å². The average molecular weight is 231 g/mol. The molecule has 0 fully saturated rings. The average Bonchev–Trinajstić information content (AvgIpc) is 2.25. The summed E-state index contributed by atoms with van der Waals surface area (Å²) in [7, 11) is 0. The SMILES string of the molecule is Cc1cc(N)ccc1Sc1ccc(O)cc1. The Hall–Kier alpha value is -1.61. The van der Waals surface area contributed by atoms with Gasteiger partial charge in [0.2, 0.25) is 0 Å². The highest BCUT2D eigenvalue weighted by molar-refractivity contribution is 7.99. The number of nitrogen functional groups attached to an aromatic ring is 1. The summed E-state index contributed by atoms with van der Waals surface area (Å²) in [4.78, 5) is 2.28. The normalized spacial score (nSPS) is 10.3. The van der Waals surface area contributed by atoms with Gasteiger partial charge in [-0.3, -0.25) is 0 Å². The van der Waals surface area contributed by atoms with Crippen molar-refractivity contribution in [1.29, 1.82) is 0 Å². The van der Waals surface area contributed by atoms with Crippen molar-refractivity contribution in [3.8, 4) is 5.75 Å². The van der Waals surface area contributed by atoms with E-state index in [0.29, 0.717) is 5.75 Å². The first-order chi connectivity index (χ1) is 7.65. The standard InChI is InChI=1S/C13H13NOS/c1-9-8-10(14)2-7-13(9)16-12-5-3-11(15)4-6-12/h2-8,15H,14H2,1H3. The Kier molecular flexibility index (Phi) is 3.06. The number of phenols is 1. The number of aryl methyl sites for hydroxylation is 1. The minimum absolute atomic E-state index is 0.290. The predicted molar refractivity (Wildman–Crippen MR) is 67.8 cm³/mol. The van der Waals surface area contributed by atoms with Gasteiger partial charge in [0.1, 0.15) is 5.75 Å². The molecule has 2 aromatic rings. The van der Waals surface area contributed by atoms with Gasteiger partial charge >= 0.3 is 0 Å². The van der Waals surface area contributed by atoms with E-state index in [4.69, 9.17) is 5.73 Å². The number of nitrogens with two attached hydrogens (primary N) is 1. The molecule has 0 aliphatic rings. The van der Waals surface area contributed by atoms with Crippen molar-refractivity contribution in [3.05, 3.63) is 48.0 Å². The van der Waals surface area contributed by atoms with Crippen molar-refractivity contribution >= 4 is 17.4 Å². The van der Waals surface area contributed by atoms with Crippen molar-refractivity contribution in [1.82, 2.24) is 0 Å². The van der Waals surface area contributed by atoms with Crippen LogP contribution in [0.25, 0.3) is 0 Å². The molecule has 0 saturated heterocycles. The second-order valence-electron chi connectivity index (χ2n) is 3.62. The quantitative estimate of drug-likeness (QED) is 0.778. The zero-order valence-corrected chi connectivity index (χ0v) is 9.79. The summed E-state index contributed by atoms with van der Waals surface area (Å²) in [5, 5.41) is 9.19. The molecule has 2 rings (SSSR count). The smallest absolute Gasteiger partial charge is 0.115 e. The van der Waals surface area contributed by atoms with Gasteiger partial charge in [0.15, 0.2) is 0 Å². The van der Waals surface area contributed by atoms with E-state index < -0.39 is 0 Å². The Morgan fingerprint density at radius 2 is 1.75 bits per heavy atom. The molecule has 0 amide bonds. The lowest BCUT2D eigenvalue weighted by molar-refractivity contribution is 0.475. The van der Waals surface area contributed by atoms with E-state index in [1.165, 1.54) is 4.90 Å². The highest BCUT2D eigenvalue weighted by Crippen LogP contribution is 2.31. The molecular formula is C13H13NOS. The fourth-order valence-corrected chi connectivity index (χ4v) is 2.31. The van der Waals surface area contributed by atoms with E-state index in [1.807, 2.05) is 37.3 Å². The van der Waals surface area contributed by atoms with Gasteiger partial charge in [0.05, 0.1) is 0 Å². The van der Waals surface area contributed by atoms with Crippen LogP contribution in [0.3, 0.4) is 0 Å². The van der Waals surface area contributed by atoms with Gasteiger partial charge in [-0.25, -0.2) is 0 Å². The van der Waals surface area contributed by atoms with Crippen LogP contribution in [0.1, 0.15) is 5.56 Å². The van der Waals surface area contributed by atoms with Crippen LogP contribution in [-0.4, -0.2) is 5.11 Å². The van der Waals surface area contributed by atoms with E-state index in [2.05, 4.69) is 0 Å². The third-order valence-electron chi connectivity index (χ3n) is 2.26. The highest BCUT2D eigenvalue weighted by Gasteiger charge is 2.01. The molecule has 0 spiro atoms. The monoisotopic (exact) mass is 231 g/mol. The van der Waals surface area contributed by atoms with E-state index in [1.54, 1.807) is 23.9 Å². The van der Waals surface area contributed by atoms with Crippen LogP contribution in [0.2, 0.25) is 0 Å².